The van der Waals surface area contributed by atoms with Crippen LogP contribution in [0.1, 0.15) is 27.0 Å². The normalized spacial score (nSPS) is 9.83. The summed E-state index contributed by atoms with van der Waals surface area (Å²) in [7, 11) is 0. The molecule has 0 saturated heterocycles. The zero-order valence-electron chi connectivity index (χ0n) is 9.77. The van der Waals surface area contributed by atoms with Crippen molar-refractivity contribution in [1.29, 1.82) is 5.26 Å². The molecule has 0 aromatic heterocycles. The Morgan fingerprint density at radius 2 is 1.83 bits per heavy atom. The number of rotatable bonds is 2. The van der Waals surface area contributed by atoms with Gasteiger partial charge in [-0.25, -0.2) is 0 Å². The molecule has 18 heavy (non-hydrogen) atoms. The molecule has 0 unspecified atom stereocenters. The van der Waals surface area contributed by atoms with E-state index >= 15 is 0 Å². The van der Waals surface area contributed by atoms with E-state index in [2.05, 4.69) is 6.07 Å². The summed E-state index contributed by atoms with van der Waals surface area (Å²) in [6.07, 6.45) is 0. The van der Waals surface area contributed by atoms with E-state index < -0.39 is 0 Å². The van der Waals surface area contributed by atoms with Crippen molar-refractivity contribution < 1.29 is 4.79 Å². The SMILES string of the molecule is Cc1cccc(C(=O)c2ccc(Cl)cc2)c1C#N. The molecule has 3 heteroatoms. The van der Waals surface area contributed by atoms with E-state index in [0.29, 0.717) is 21.7 Å². The number of halogens is 1. The van der Waals surface area contributed by atoms with Crippen LogP contribution in [0.4, 0.5) is 0 Å². The molecule has 2 aromatic rings. The quantitative estimate of drug-likeness (QED) is 0.767. The summed E-state index contributed by atoms with van der Waals surface area (Å²) in [5.74, 6) is -0.160. The van der Waals surface area contributed by atoms with Gasteiger partial charge in [0.1, 0.15) is 6.07 Å². The summed E-state index contributed by atoms with van der Waals surface area (Å²) in [6.45, 7) is 1.82. The summed E-state index contributed by atoms with van der Waals surface area (Å²) in [4.78, 5) is 12.3. The van der Waals surface area contributed by atoms with E-state index in [1.165, 1.54) is 0 Å². The third kappa shape index (κ3) is 2.27. The Morgan fingerprint density at radius 1 is 1.17 bits per heavy atom. The van der Waals surface area contributed by atoms with Gasteiger partial charge in [-0.2, -0.15) is 5.26 Å². The first-order valence-electron chi connectivity index (χ1n) is 5.43. The lowest BCUT2D eigenvalue weighted by Crippen LogP contribution is -2.05. The topological polar surface area (TPSA) is 40.9 Å². The Hall–Kier alpha value is -2.11. The van der Waals surface area contributed by atoms with Crippen molar-refractivity contribution in [3.05, 3.63) is 69.7 Å². The maximum atomic E-state index is 12.3. The van der Waals surface area contributed by atoms with E-state index in [-0.39, 0.29) is 5.78 Å². The Balaban J connectivity index is 2.50. The summed E-state index contributed by atoms with van der Waals surface area (Å²) in [5.41, 5.74) is 2.19. The summed E-state index contributed by atoms with van der Waals surface area (Å²) in [5, 5.41) is 9.70. The van der Waals surface area contributed by atoms with E-state index in [4.69, 9.17) is 16.9 Å². The molecule has 0 amide bonds. The highest BCUT2D eigenvalue weighted by atomic mass is 35.5. The second-order valence-corrected chi connectivity index (χ2v) is 4.38. The van der Waals surface area contributed by atoms with Crippen LogP contribution in [0.3, 0.4) is 0 Å². The van der Waals surface area contributed by atoms with Gasteiger partial charge in [-0.05, 0) is 42.8 Å². The van der Waals surface area contributed by atoms with Crippen molar-refractivity contribution in [3.8, 4) is 6.07 Å². The van der Waals surface area contributed by atoms with Gasteiger partial charge in [0.2, 0.25) is 0 Å². The summed E-state index contributed by atoms with van der Waals surface area (Å²) >= 11 is 5.78. The number of nitrogens with zero attached hydrogens (tertiary/aromatic N) is 1. The van der Waals surface area contributed by atoms with Crippen molar-refractivity contribution in [2.24, 2.45) is 0 Å². The lowest BCUT2D eigenvalue weighted by molar-refractivity contribution is 0.103. The van der Waals surface area contributed by atoms with Gasteiger partial charge >= 0.3 is 0 Å². The first-order chi connectivity index (χ1) is 8.63. The molecule has 0 bridgehead atoms. The molecule has 0 atom stereocenters. The lowest BCUT2D eigenvalue weighted by atomic mass is 9.96. The van der Waals surface area contributed by atoms with E-state index in [0.717, 1.165) is 5.56 Å². The van der Waals surface area contributed by atoms with Crippen LogP contribution >= 0.6 is 11.6 Å². The van der Waals surface area contributed by atoms with Crippen molar-refractivity contribution in [2.45, 2.75) is 6.92 Å². The van der Waals surface area contributed by atoms with Crippen LogP contribution < -0.4 is 0 Å². The van der Waals surface area contributed by atoms with Crippen LogP contribution in [0, 0.1) is 18.3 Å². The van der Waals surface area contributed by atoms with Crippen LogP contribution in [0.2, 0.25) is 5.02 Å². The van der Waals surface area contributed by atoms with Crippen molar-refractivity contribution in [1.82, 2.24) is 0 Å². The number of carbonyl (C=O) groups excluding carboxylic acids is 1. The third-order valence-electron chi connectivity index (χ3n) is 2.74. The molecule has 0 saturated carbocycles. The largest absolute Gasteiger partial charge is 0.289 e. The second kappa shape index (κ2) is 5.03. The van der Waals surface area contributed by atoms with Crippen molar-refractivity contribution in [3.63, 3.8) is 0 Å². The molecule has 0 N–H and O–H groups in total. The van der Waals surface area contributed by atoms with Crippen molar-refractivity contribution >= 4 is 17.4 Å². The highest BCUT2D eigenvalue weighted by Gasteiger charge is 2.14. The fraction of sp³-hybridized carbons (Fsp3) is 0.0667. The lowest BCUT2D eigenvalue weighted by Gasteiger charge is -2.05. The predicted octanol–water partition coefficient (Wildman–Crippen LogP) is 3.75. The molecule has 0 fully saturated rings. The monoisotopic (exact) mass is 255 g/mol. The van der Waals surface area contributed by atoms with Crippen LogP contribution in [0.15, 0.2) is 42.5 Å². The average Bonchev–Trinajstić information content (AvgIpc) is 2.38. The molecule has 0 aliphatic heterocycles. The second-order valence-electron chi connectivity index (χ2n) is 3.95. The number of carbonyl (C=O) groups is 1. The molecular weight excluding hydrogens is 246 g/mol. The van der Waals surface area contributed by atoms with Gasteiger partial charge in [-0.3, -0.25) is 4.79 Å². The van der Waals surface area contributed by atoms with Gasteiger partial charge in [0.05, 0.1) is 5.56 Å². The molecule has 0 spiro atoms. The number of nitriles is 1. The Labute approximate surface area is 110 Å². The highest BCUT2D eigenvalue weighted by molar-refractivity contribution is 6.30. The minimum Gasteiger partial charge on any atom is -0.289 e. The van der Waals surface area contributed by atoms with E-state index in [1.807, 2.05) is 13.0 Å². The fourth-order valence-corrected chi connectivity index (χ4v) is 1.89. The molecule has 88 valence electrons. The molecule has 0 radical (unpaired) electrons. The van der Waals surface area contributed by atoms with Gasteiger partial charge < -0.3 is 0 Å². The Morgan fingerprint density at radius 3 is 2.44 bits per heavy atom. The maximum absolute atomic E-state index is 12.3. The van der Waals surface area contributed by atoms with Crippen LogP contribution in [0.25, 0.3) is 0 Å². The maximum Gasteiger partial charge on any atom is 0.194 e. The number of ketones is 1. The van der Waals surface area contributed by atoms with Crippen LogP contribution in [-0.2, 0) is 0 Å². The van der Waals surface area contributed by atoms with Crippen LogP contribution in [-0.4, -0.2) is 5.78 Å². The summed E-state index contributed by atoms with van der Waals surface area (Å²) in [6, 6.07) is 14.0. The third-order valence-corrected chi connectivity index (χ3v) is 2.99. The minimum absolute atomic E-state index is 0.160. The zero-order chi connectivity index (χ0) is 13.1. The summed E-state index contributed by atoms with van der Waals surface area (Å²) < 4.78 is 0. The molecule has 2 nitrogen and oxygen atoms in total. The zero-order valence-corrected chi connectivity index (χ0v) is 10.5. The molecule has 2 aromatic carbocycles. The van der Waals surface area contributed by atoms with Gasteiger partial charge in [-0.1, -0.05) is 23.7 Å². The van der Waals surface area contributed by atoms with Crippen LogP contribution in [0.5, 0.6) is 0 Å². The van der Waals surface area contributed by atoms with Crippen molar-refractivity contribution in [2.75, 3.05) is 0 Å². The molecule has 0 heterocycles. The number of hydrogen-bond acceptors (Lipinski definition) is 2. The van der Waals surface area contributed by atoms with Gasteiger partial charge in [0.25, 0.3) is 0 Å². The smallest absolute Gasteiger partial charge is 0.194 e. The Kier molecular flexibility index (Phi) is 3.45. The van der Waals surface area contributed by atoms with E-state index in [1.54, 1.807) is 36.4 Å². The first kappa shape index (κ1) is 12.3. The molecule has 0 aliphatic rings. The van der Waals surface area contributed by atoms with Gasteiger partial charge in [0.15, 0.2) is 5.78 Å². The number of hydrogen-bond donors (Lipinski definition) is 0. The molecular formula is C15H10ClNO. The Bertz CT molecular complexity index is 639. The van der Waals surface area contributed by atoms with Gasteiger partial charge in [0, 0.05) is 16.1 Å². The minimum atomic E-state index is -0.160. The number of aryl methyl sites for hydroxylation is 1. The standard InChI is InChI=1S/C15H10ClNO/c1-10-3-2-4-13(14(10)9-17)15(18)11-5-7-12(16)8-6-11/h2-8H,1H3. The van der Waals surface area contributed by atoms with E-state index in [9.17, 15) is 4.79 Å². The average molecular weight is 256 g/mol. The van der Waals surface area contributed by atoms with Gasteiger partial charge in [-0.15, -0.1) is 0 Å². The highest BCUT2D eigenvalue weighted by Crippen LogP contribution is 2.18. The number of benzene rings is 2. The fourth-order valence-electron chi connectivity index (χ4n) is 1.76. The first-order valence-corrected chi connectivity index (χ1v) is 5.81. The molecule has 0 aliphatic carbocycles. The predicted molar refractivity (Wildman–Crippen MR) is 70.8 cm³/mol. The molecule has 2 rings (SSSR count).